The number of nitrogens with zero attached hydrogens (tertiary/aromatic N) is 2. The number of hydrogen-bond donors (Lipinski definition) is 2. The SMILES string of the molecule is NS(=O)(=O)c1ccc(NC[C@@H]([C@@H]2CCOC2)N2CCCC2)c([N+](=O)[O-])c1. The number of rotatable bonds is 7. The lowest BCUT2D eigenvalue weighted by Gasteiger charge is -2.32. The van der Waals surface area contributed by atoms with Gasteiger partial charge in [-0.15, -0.1) is 0 Å². The van der Waals surface area contributed by atoms with Crippen molar-refractivity contribution in [2.75, 3.05) is 38.2 Å². The minimum atomic E-state index is -3.99. The minimum absolute atomic E-state index is 0.234. The van der Waals surface area contributed by atoms with E-state index in [1.165, 1.54) is 12.1 Å². The number of ether oxygens (including phenoxy) is 1. The quantitative estimate of drug-likeness (QED) is 0.533. The van der Waals surface area contributed by atoms with Gasteiger partial charge in [0.05, 0.1) is 16.4 Å². The summed E-state index contributed by atoms with van der Waals surface area (Å²) in [6.07, 6.45) is 3.30. The Labute approximate surface area is 152 Å². The Balaban J connectivity index is 1.79. The number of nitrogens with two attached hydrogens (primary N) is 1. The van der Waals surface area contributed by atoms with Crippen LogP contribution in [0.1, 0.15) is 19.3 Å². The number of hydrogen-bond acceptors (Lipinski definition) is 7. The second kappa shape index (κ2) is 7.87. The van der Waals surface area contributed by atoms with E-state index in [4.69, 9.17) is 9.88 Å². The first-order valence-electron chi connectivity index (χ1n) is 8.73. The lowest BCUT2D eigenvalue weighted by atomic mass is 9.97. The van der Waals surface area contributed by atoms with Crippen molar-refractivity contribution in [2.24, 2.45) is 11.1 Å². The lowest BCUT2D eigenvalue weighted by molar-refractivity contribution is -0.384. The fourth-order valence-electron chi connectivity index (χ4n) is 3.73. The molecule has 3 N–H and O–H groups in total. The van der Waals surface area contributed by atoms with Crippen molar-refractivity contribution in [1.29, 1.82) is 0 Å². The van der Waals surface area contributed by atoms with Crippen LogP contribution in [0.3, 0.4) is 0 Å². The Morgan fingerprint density at radius 2 is 2.12 bits per heavy atom. The predicted molar refractivity (Wildman–Crippen MR) is 96.5 cm³/mol. The molecule has 0 aliphatic carbocycles. The Hall–Kier alpha value is -1.75. The zero-order chi connectivity index (χ0) is 18.7. The normalized spacial score (nSPS) is 22.4. The smallest absolute Gasteiger partial charge is 0.293 e. The molecule has 1 aromatic rings. The number of anilines is 1. The van der Waals surface area contributed by atoms with E-state index in [-0.39, 0.29) is 16.6 Å². The minimum Gasteiger partial charge on any atom is -0.381 e. The molecule has 2 aliphatic rings. The van der Waals surface area contributed by atoms with Gasteiger partial charge in [0.1, 0.15) is 5.69 Å². The molecule has 0 radical (unpaired) electrons. The van der Waals surface area contributed by atoms with Gasteiger partial charge in [-0.2, -0.15) is 0 Å². The average Bonchev–Trinajstić information content (AvgIpc) is 3.28. The molecule has 3 rings (SSSR count). The van der Waals surface area contributed by atoms with Gasteiger partial charge in [-0.25, -0.2) is 13.6 Å². The standard InChI is InChI=1S/C16H24N4O5S/c17-26(23,24)13-3-4-14(15(9-13)20(21)22)18-10-16(12-5-8-25-11-12)19-6-1-2-7-19/h3-4,9,12,16,18H,1-2,5-8,10-11H2,(H2,17,23,24)/t12-,16+/m1/s1. The molecule has 0 amide bonds. The van der Waals surface area contributed by atoms with Gasteiger partial charge in [-0.1, -0.05) is 0 Å². The van der Waals surface area contributed by atoms with Crippen molar-refractivity contribution in [3.05, 3.63) is 28.3 Å². The molecule has 2 atom stereocenters. The summed E-state index contributed by atoms with van der Waals surface area (Å²) in [4.78, 5) is 12.9. The Morgan fingerprint density at radius 3 is 2.69 bits per heavy atom. The molecular weight excluding hydrogens is 360 g/mol. The molecule has 144 valence electrons. The number of nitro benzene ring substituents is 1. The molecule has 0 spiro atoms. The number of benzene rings is 1. The van der Waals surface area contributed by atoms with Gasteiger partial charge in [0.2, 0.25) is 10.0 Å². The third-order valence-electron chi connectivity index (χ3n) is 5.11. The molecule has 2 aliphatic heterocycles. The van der Waals surface area contributed by atoms with Crippen LogP contribution in [-0.2, 0) is 14.8 Å². The number of nitro groups is 1. The maximum Gasteiger partial charge on any atom is 0.293 e. The lowest BCUT2D eigenvalue weighted by Crippen LogP contribution is -2.44. The number of sulfonamides is 1. The number of primary sulfonamides is 1. The molecule has 0 saturated carbocycles. The summed E-state index contributed by atoms with van der Waals surface area (Å²) in [5.74, 6) is 0.392. The van der Waals surface area contributed by atoms with Crippen molar-refractivity contribution in [3.8, 4) is 0 Å². The largest absolute Gasteiger partial charge is 0.381 e. The molecule has 10 heteroatoms. The van der Waals surface area contributed by atoms with Gasteiger partial charge < -0.3 is 10.1 Å². The van der Waals surface area contributed by atoms with Gasteiger partial charge >= 0.3 is 0 Å². The van der Waals surface area contributed by atoms with E-state index in [0.717, 1.165) is 45.0 Å². The third-order valence-corrected chi connectivity index (χ3v) is 6.03. The second-order valence-corrected chi connectivity index (χ2v) is 8.36. The highest BCUT2D eigenvalue weighted by molar-refractivity contribution is 7.89. The van der Waals surface area contributed by atoms with E-state index < -0.39 is 14.9 Å². The van der Waals surface area contributed by atoms with Gasteiger partial charge in [0.15, 0.2) is 0 Å². The van der Waals surface area contributed by atoms with Gasteiger partial charge in [-0.05, 0) is 44.5 Å². The molecule has 0 bridgehead atoms. The van der Waals surface area contributed by atoms with E-state index in [2.05, 4.69) is 10.2 Å². The van der Waals surface area contributed by atoms with Crippen molar-refractivity contribution in [3.63, 3.8) is 0 Å². The Morgan fingerprint density at radius 1 is 1.38 bits per heavy atom. The molecule has 2 fully saturated rings. The summed E-state index contributed by atoms with van der Waals surface area (Å²) in [6, 6.07) is 3.93. The highest BCUT2D eigenvalue weighted by Crippen LogP contribution is 2.29. The van der Waals surface area contributed by atoms with Crippen LogP contribution < -0.4 is 10.5 Å². The molecular formula is C16H24N4O5S. The summed E-state index contributed by atoms with van der Waals surface area (Å²) in [5.41, 5.74) is 0.00452. The first-order valence-corrected chi connectivity index (χ1v) is 10.3. The van der Waals surface area contributed by atoms with E-state index >= 15 is 0 Å². The zero-order valence-electron chi connectivity index (χ0n) is 14.5. The zero-order valence-corrected chi connectivity index (χ0v) is 15.3. The summed E-state index contributed by atoms with van der Waals surface area (Å²) in [7, 11) is -3.99. The molecule has 2 saturated heterocycles. The fourth-order valence-corrected chi connectivity index (χ4v) is 4.26. The highest BCUT2D eigenvalue weighted by atomic mass is 32.2. The van der Waals surface area contributed by atoms with Crippen molar-refractivity contribution < 1.29 is 18.1 Å². The van der Waals surface area contributed by atoms with Crippen molar-refractivity contribution in [1.82, 2.24) is 4.90 Å². The van der Waals surface area contributed by atoms with E-state index in [0.29, 0.717) is 24.8 Å². The van der Waals surface area contributed by atoms with Crippen molar-refractivity contribution in [2.45, 2.75) is 30.2 Å². The van der Waals surface area contributed by atoms with Crippen LogP contribution in [0.15, 0.2) is 23.1 Å². The maximum absolute atomic E-state index is 11.4. The summed E-state index contributed by atoms with van der Waals surface area (Å²) in [6.45, 7) is 4.04. The Kier molecular flexibility index (Phi) is 5.76. The monoisotopic (exact) mass is 384 g/mol. The molecule has 0 unspecified atom stereocenters. The predicted octanol–water partition coefficient (Wildman–Crippen LogP) is 1.16. The average molecular weight is 384 g/mol. The van der Waals surface area contributed by atoms with Crippen LogP contribution in [0.25, 0.3) is 0 Å². The fraction of sp³-hybridized carbons (Fsp3) is 0.625. The summed E-state index contributed by atoms with van der Waals surface area (Å²) < 4.78 is 28.4. The van der Waals surface area contributed by atoms with Crippen LogP contribution >= 0.6 is 0 Å². The van der Waals surface area contributed by atoms with Crippen LogP contribution in [0, 0.1) is 16.0 Å². The maximum atomic E-state index is 11.4. The number of likely N-dealkylation sites (tertiary alicyclic amines) is 1. The van der Waals surface area contributed by atoms with E-state index in [1.54, 1.807) is 0 Å². The highest BCUT2D eigenvalue weighted by Gasteiger charge is 2.32. The van der Waals surface area contributed by atoms with Crippen LogP contribution in [-0.4, -0.2) is 57.1 Å². The van der Waals surface area contributed by atoms with Gasteiger partial charge in [-0.3, -0.25) is 15.0 Å². The molecule has 2 heterocycles. The Bertz CT molecular complexity index is 742. The van der Waals surface area contributed by atoms with Crippen molar-refractivity contribution >= 4 is 21.4 Å². The van der Waals surface area contributed by atoms with Gasteiger partial charge in [0, 0.05) is 31.2 Å². The third kappa shape index (κ3) is 4.32. The summed E-state index contributed by atoms with van der Waals surface area (Å²) in [5, 5.41) is 19.6. The first kappa shape index (κ1) is 19.0. The molecule has 1 aromatic carbocycles. The van der Waals surface area contributed by atoms with Crippen LogP contribution in [0.2, 0.25) is 0 Å². The van der Waals surface area contributed by atoms with E-state index in [1.807, 2.05) is 0 Å². The molecule has 9 nitrogen and oxygen atoms in total. The molecule has 26 heavy (non-hydrogen) atoms. The first-order chi connectivity index (χ1) is 12.4. The summed E-state index contributed by atoms with van der Waals surface area (Å²) >= 11 is 0. The van der Waals surface area contributed by atoms with E-state index in [9.17, 15) is 18.5 Å². The van der Waals surface area contributed by atoms with Gasteiger partial charge in [0.25, 0.3) is 5.69 Å². The topological polar surface area (TPSA) is 128 Å². The van der Waals surface area contributed by atoms with Crippen LogP contribution in [0.5, 0.6) is 0 Å². The molecule has 0 aromatic heterocycles. The number of nitrogens with one attached hydrogen (secondary N) is 1. The van der Waals surface area contributed by atoms with Crippen LogP contribution in [0.4, 0.5) is 11.4 Å². The second-order valence-electron chi connectivity index (χ2n) is 6.80.